The van der Waals surface area contributed by atoms with E-state index < -0.39 is 0 Å². The lowest BCUT2D eigenvalue weighted by molar-refractivity contribution is -0.0426. The van der Waals surface area contributed by atoms with Gasteiger partial charge in [0.1, 0.15) is 0 Å². The van der Waals surface area contributed by atoms with Crippen LogP contribution < -0.4 is 5.32 Å². The van der Waals surface area contributed by atoms with Crippen molar-refractivity contribution < 1.29 is 9.47 Å². The monoisotopic (exact) mass is 215 g/mol. The molecule has 1 fully saturated rings. The molecule has 1 aliphatic carbocycles. The minimum atomic E-state index is 0.342. The molecule has 15 heavy (non-hydrogen) atoms. The fraction of sp³-hybridized carbons (Fsp3) is 1.00. The summed E-state index contributed by atoms with van der Waals surface area (Å²) in [6, 6.07) is 0.509. The van der Waals surface area contributed by atoms with Crippen molar-refractivity contribution in [3.8, 4) is 0 Å². The van der Waals surface area contributed by atoms with Crippen LogP contribution in [0.1, 0.15) is 33.1 Å². The molecule has 1 N–H and O–H groups in total. The standard InChI is InChI=1S/C12H25NO2/c1-12(2)6-5-10(13-3)11(9-12)15-8-7-14-4/h10-11,13H,5-9H2,1-4H3. The molecule has 90 valence electrons. The van der Waals surface area contributed by atoms with Gasteiger partial charge in [0, 0.05) is 13.2 Å². The van der Waals surface area contributed by atoms with Gasteiger partial charge in [0.05, 0.1) is 19.3 Å². The van der Waals surface area contributed by atoms with Gasteiger partial charge in [-0.05, 0) is 31.7 Å². The van der Waals surface area contributed by atoms with Crippen molar-refractivity contribution in [1.29, 1.82) is 0 Å². The molecule has 0 aromatic carbocycles. The van der Waals surface area contributed by atoms with Gasteiger partial charge in [-0.3, -0.25) is 0 Å². The molecular weight excluding hydrogens is 190 g/mol. The highest BCUT2D eigenvalue weighted by Gasteiger charge is 2.34. The third-order valence-corrected chi connectivity index (χ3v) is 3.32. The number of ether oxygens (including phenoxy) is 2. The van der Waals surface area contributed by atoms with Gasteiger partial charge < -0.3 is 14.8 Å². The van der Waals surface area contributed by atoms with Crippen LogP contribution >= 0.6 is 0 Å². The Kier molecular flexibility index (Phi) is 5.03. The molecule has 3 heteroatoms. The highest BCUT2D eigenvalue weighted by Crippen LogP contribution is 2.36. The van der Waals surface area contributed by atoms with Crippen LogP contribution in [0.5, 0.6) is 0 Å². The predicted molar refractivity (Wildman–Crippen MR) is 62.1 cm³/mol. The maximum atomic E-state index is 5.87. The molecule has 0 radical (unpaired) electrons. The molecule has 0 aliphatic heterocycles. The zero-order valence-corrected chi connectivity index (χ0v) is 10.5. The maximum Gasteiger partial charge on any atom is 0.0734 e. The number of methoxy groups -OCH3 is 1. The largest absolute Gasteiger partial charge is 0.382 e. The lowest BCUT2D eigenvalue weighted by Gasteiger charge is -2.40. The summed E-state index contributed by atoms with van der Waals surface area (Å²) < 4.78 is 10.9. The molecule has 0 bridgehead atoms. The molecule has 2 unspecified atom stereocenters. The Bertz CT molecular complexity index is 182. The summed E-state index contributed by atoms with van der Waals surface area (Å²) in [5.41, 5.74) is 0.422. The fourth-order valence-corrected chi connectivity index (χ4v) is 2.31. The molecule has 1 rings (SSSR count). The third-order valence-electron chi connectivity index (χ3n) is 3.32. The summed E-state index contributed by atoms with van der Waals surface area (Å²) in [5.74, 6) is 0. The fourth-order valence-electron chi connectivity index (χ4n) is 2.31. The van der Waals surface area contributed by atoms with Gasteiger partial charge in [0.15, 0.2) is 0 Å². The van der Waals surface area contributed by atoms with Crippen LogP contribution in [0.15, 0.2) is 0 Å². The average molecular weight is 215 g/mol. The summed E-state index contributed by atoms with van der Waals surface area (Å²) in [7, 11) is 3.74. The van der Waals surface area contributed by atoms with E-state index in [0.717, 1.165) is 6.42 Å². The predicted octanol–water partition coefficient (Wildman–Crippen LogP) is 1.82. The first-order valence-electron chi connectivity index (χ1n) is 5.87. The first-order valence-corrected chi connectivity index (χ1v) is 5.87. The topological polar surface area (TPSA) is 30.5 Å². The summed E-state index contributed by atoms with van der Waals surface area (Å²) in [4.78, 5) is 0. The van der Waals surface area contributed by atoms with Gasteiger partial charge in [-0.15, -0.1) is 0 Å². The van der Waals surface area contributed by atoms with Crippen LogP contribution in [0.25, 0.3) is 0 Å². The van der Waals surface area contributed by atoms with Crippen molar-refractivity contribution in [2.45, 2.75) is 45.3 Å². The molecule has 1 aliphatic rings. The average Bonchev–Trinajstić information content (AvgIpc) is 2.17. The van der Waals surface area contributed by atoms with Crippen LogP contribution in [0, 0.1) is 5.41 Å². The van der Waals surface area contributed by atoms with Crippen LogP contribution in [0.4, 0.5) is 0 Å². The quantitative estimate of drug-likeness (QED) is 0.710. The maximum absolute atomic E-state index is 5.87. The van der Waals surface area contributed by atoms with Gasteiger partial charge in [-0.2, -0.15) is 0 Å². The normalized spacial score (nSPS) is 30.4. The molecule has 0 saturated heterocycles. The van der Waals surface area contributed by atoms with E-state index in [4.69, 9.17) is 9.47 Å². The zero-order valence-electron chi connectivity index (χ0n) is 10.5. The highest BCUT2D eigenvalue weighted by atomic mass is 16.5. The number of hydrogen-bond donors (Lipinski definition) is 1. The van der Waals surface area contributed by atoms with Crippen LogP contribution in [-0.4, -0.2) is 39.5 Å². The van der Waals surface area contributed by atoms with Crippen LogP contribution in [-0.2, 0) is 9.47 Å². The van der Waals surface area contributed by atoms with Crippen molar-refractivity contribution >= 4 is 0 Å². The number of likely N-dealkylation sites (N-methyl/N-ethyl adjacent to an activating group) is 1. The molecule has 0 aromatic rings. The minimum Gasteiger partial charge on any atom is -0.382 e. The summed E-state index contributed by atoms with van der Waals surface area (Å²) in [5, 5.41) is 3.35. The van der Waals surface area contributed by atoms with E-state index in [-0.39, 0.29) is 0 Å². The molecule has 1 saturated carbocycles. The summed E-state index contributed by atoms with van der Waals surface area (Å²) in [6.45, 7) is 6.04. The lowest BCUT2D eigenvalue weighted by Crippen LogP contribution is -2.46. The van der Waals surface area contributed by atoms with Crippen molar-refractivity contribution in [2.75, 3.05) is 27.4 Å². The first kappa shape index (κ1) is 12.9. The van der Waals surface area contributed by atoms with Crippen molar-refractivity contribution in [2.24, 2.45) is 5.41 Å². The second-order valence-corrected chi connectivity index (χ2v) is 5.20. The Hall–Kier alpha value is -0.120. The van der Waals surface area contributed by atoms with Gasteiger partial charge in [0.25, 0.3) is 0 Å². The number of nitrogens with one attached hydrogen (secondary N) is 1. The van der Waals surface area contributed by atoms with Gasteiger partial charge >= 0.3 is 0 Å². The Morgan fingerprint density at radius 1 is 1.33 bits per heavy atom. The Morgan fingerprint density at radius 2 is 2.07 bits per heavy atom. The summed E-state index contributed by atoms with van der Waals surface area (Å²) >= 11 is 0. The SMILES string of the molecule is CNC1CCC(C)(C)CC1OCCOC. The second kappa shape index (κ2) is 5.83. The van der Waals surface area contributed by atoms with Gasteiger partial charge in [0.2, 0.25) is 0 Å². The second-order valence-electron chi connectivity index (χ2n) is 5.20. The van der Waals surface area contributed by atoms with Crippen LogP contribution in [0.3, 0.4) is 0 Å². The Balaban J connectivity index is 2.41. The van der Waals surface area contributed by atoms with Crippen molar-refractivity contribution in [3.05, 3.63) is 0 Å². The van der Waals surface area contributed by atoms with E-state index in [1.807, 2.05) is 7.05 Å². The number of hydrogen-bond acceptors (Lipinski definition) is 3. The van der Waals surface area contributed by atoms with E-state index in [1.165, 1.54) is 12.8 Å². The number of rotatable bonds is 5. The van der Waals surface area contributed by atoms with E-state index in [1.54, 1.807) is 7.11 Å². The van der Waals surface area contributed by atoms with Crippen molar-refractivity contribution in [1.82, 2.24) is 5.32 Å². The highest BCUT2D eigenvalue weighted by molar-refractivity contribution is 4.89. The van der Waals surface area contributed by atoms with Crippen molar-refractivity contribution in [3.63, 3.8) is 0 Å². The Labute approximate surface area is 93.5 Å². The van der Waals surface area contributed by atoms with E-state index in [0.29, 0.717) is 30.8 Å². The molecular formula is C12H25NO2. The van der Waals surface area contributed by atoms with E-state index in [9.17, 15) is 0 Å². The minimum absolute atomic E-state index is 0.342. The summed E-state index contributed by atoms with van der Waals surface area (Å²) in [6.07, 6.45) is 3.97. The zero-order chi connectivity index (χ0) is 11.3. The molecule has 2 atom stereocenters. The van der Waals surface area contributed by atoms with E-state index in [2.05, 4.69) is 19.2 Å². The lowest BCUT2D eigenvalue weighted by atomic mass is 9.74. The molecule has 0 aromatic heterocycles. The first-order chi connectivity index (χ1) is 7.09. The molecule has 3 nitrogen and oxygen atoms in total. The van der Waals surface area contributed by atoms with Crippen LogP contribution in [0.2, 0.25) is 0 Å². The Morgan fingerprint density at radius 3 is 2.67 bits per heavy atom. The van der Waals surface area contributed by atoms with Gasteiger partial charge in [-0.1, -0.05) is 13.8 Å². The molecule has 0 spiro atoms. The third kappa shape index (κ3) is 4.09. The smallest absolute Gasteiger partial charge is 0.0734 e. The van der Waals surface area contributed by atoms with Gasteiger partial charge in [-0.25, -0.2) is 0 Å². The van der Waals surface area contributed by atoms with E-state index >= 15 is 0 Å². The molecule has 0 amide bonds. The molecule has 0 heterocycles.